The van der Waals surface area contributed by atoms with Crippen molar-refractivity contribution in [3.63, 3.8) is 0 Å². The van der Waals surface area contributed by atoms with Gasteiger partial charge < -0.3 is 15.1 Å². The minimum absolute atomic E-state index is 0.130. The van der Waals surface area contributed by atoms with Crippen molar-refractivity contribution >= 4 is 17.3 Å². The standard InChI is InChI=1S/C21H33NO4/c1-4-7-18(23)20(25)11-13-22(17-10-6-9-16(3)15-17)14-12-21(26)19(24)8-5-2/h6,9-10,15,20-21,25-26H,4-5,7-8,11-14H2,1-3H3. The number of aryl methyl sites for hydroxylation is 1. The number of carbonyl (C=O) groups is 2. The molecule has 2 N–H and O–H groups in total. The van der Waals surface area contributed by atoms with Crippen molar-refractivity contribution < 1.29 is 19.8 Å². The zero-order valence-electron chi connectivity index (χ0n) is 16.3. The molecule has 0 amide bonds. The summed E-state index contributed by atoms with van der Waals surface area (Å²) in [6.45, 7) is 6.82. The Labute approximate surface area is 157 Å². The number of hydrogen-bond acceptors (Lipinski definition) is 5. The van der Waals surface area contributed by atoms with E-state index in [9.17, 15) is 19.8 Å². The van der Waals surface area contributed by atoms with E-state index in [0.29, 0.717) is 38.8 Å². The van der Waals surface area contributed by atoms with Gasteiger partial charge in [-0.25, -0.2) is 0 Å². The number of hydrogen-bond donors (Lipinski definition) is 2. The normalized spacial score (nSPS) is 13.3. The van der Waals surface area contributed by atoms with Crippen LogP contribution in [0.5, 0.6) is 0 Å². The Balaban J connectivity index is 2.73. The first kappa shape index (κ1) is 22.3. The molecule has 0 radical (unpaired) electrons. The van der Waals surface area contributed by atoms with Crippen LogP contribution in [0.1, 0.15) is 57.9 Å². The van der Waals surface area contributed by atoms with Crippen molar-refractivity contribution in [2.24, 2.45) is 0 Å². The fourth-order valence-corrected chi connectivity index (χ4v) is 2.90. The lowest BCUT2D eigenvalue weighted by molar-refractivity contribution is -0.127. The highest BCUT2D eigenvalue weighted by Gasteiger charge is 2.19. The fourth-order valence-electron chi connectivity index (χ4n) is 2.90. The van der Waals surface area contributed by atoms with Crippen LogP contribution in [0.15, 0.2) is 24.3 Å². The average molecular weight is 363 g/mol. The van der Waals surface area contributed by atoms with Crippen molar-refractivity contribution in [2.45, 2.75) is 71.5 Å². The molecule has 2 unspecified atom stereocenters. The minimum Gasteiger partial charge on any atom is -0.385 e. The quantitative estimate of drug-likeness (QED) is 0.563. The average Bonchev–Trinajstić information content (AvgIpc) is 2.61. The molecule has 0 aliphatic heterocycles. The maximum absolute atomic E-state index is 11.8. The second kappa shape index (κ2) is 11.8. The summed E-state index contributed by atoms with van der Waals surface area (Å²) in [5.41, 5.74) is 2.08. The molecule has 1 aromatic rings. The Morgan fingerprint density at radius 3 is 1.88 bits per heavy atom. The molecule has 1 aromatic carbocycles. The molecule has 5 nitrogen and oxygen atoms in total. The van der Waals surface area contributed by atoms with Gasteiger partial charge in [-0.1, -0.05) is 26.0 Å². The molecule has 0 saturated carbocycles. The fraction of sp³-hybridized carbons (Fsp3) is 0.619. The summed E-state index contributed by atoms with van der Waals surface area (Å²) >= 11 is 0. The molecule has 0 bridgehead atoms. The molecular formula is C21H33NO4. The molecule has 0 spiro atoms. The molecule has 0 aliphatic rings. The van der Waals surface area contributed by atoms with Gasteiger partial charge in [0, 0.05) is 31.6 Å². The number of nitrogens with zero attached hydrogens (tertiary/aromatic N) is 1. The summed E-state index contributed by atoms with van der Waals surface area (Å²) in [6, 6.07) is 7.95. The first-order valence-corrected chi connectivity index (χ1v) is 9.62. The number of aliphatic hydroxyl groups is 2. The Hall–Kier alpha value is -1.72. The van der Waals surface area contributed by atoms with Crippen LogP contribution in [0.2, 0.25) is 0 Å². The highest BCUT2D eigenvalue weighted by Crippen LogP contribution is 2.18. The third-order valence-corrected chi connectivity index (χ3v) is 4.45. The van der Waals surface area contributed by atoms with Gasteiger partial charge in [-0.2, -0.15) is 0 Å². The molecule has 0 saturated heterocycles. The van der Waals surface area contributed by atoms with Crippen molar-refractivity contribution in [2.75, 3.05) is 18.0 Å². The molecule has 2 atom stereocenters. The number of Topliss-reactive ketones (excluding diaryl/α,β-unsaturated/α-hetero) is 2. The topological polar surface area (TPSA) is 77.8 Å². The Bertz CT molecular complexity index is 545. The van der Waals surface area contributed by atoms with Gasteiger partial charge in [-0.15, -0.1) is 0 Å². The highest BCUT2D eigenvalue weighted by atomic mass is 16.3. The van der Waals surface area contributed by atoms with Gasteiger partial charge in [-0.05, 0) is 50.3 Å². The van der Waals surface area contributed by atoms with E-state index in [-0.39, 0.29) is 11.6 Å². The van der Waals surface area contributed by atoms with Crippen molar-refractivity contribution in [1.82, 2.24) is 0 Å². The van der Waals surface area contributed by atoms with Crippen LogP contribution < -0.4 is 4.90 Å². The molecule has 146 valence electrons. The van der Waals surface area contributed by atoms with Crippen molar-refractivity contribution in [3.05, 3.63) is 29.8 Å². The van der Waals surface area contributed by atoms with E-state index in [2.05, 4.69) is 0 Å². The van der Waals surface area contributed by atoms with Gasteiger partial charge in [0.25, 0.3) is 0 Å². The summed E-state index contributed by atoms with van der Waals surface area (Å²) < 4.78 is 0. The lowest BCUT2D eigenvalue weighted by Gasteiger charge is -2.27. The first-order chi connectivity index (χ1) is 12.4. The number of benzene rings is 1. The minimum atomic E-state index is -0.964. The number of rotatable bonds is 13. The monoisotopic (exact) mass is 363 g/mol. The third-order valence-electron chi connectivity index (χ3n) is 4.45. The second-order valence-corrected chi connectivity index (χ2v) is 6.87. The SMILES string of the molecule is CCCC(=O)C(O)CCN(CCC(O)C(=O)CCC)c1cccc(C)c1. The van der Waals surface area contributed by atoms with Crippen LogP contribution in [0.4, 0.5) is 5.69 Å². The van der Waals surface area contributed by atoms with Gasteiger partial charge in [0.05, 0.1) is 0 Å². The van der Waals surface area contributed by atoms with Crippen molar-refractivity contribution in [3.8, 4) is 0 Å². The van der Waals surface area contributed by atoms with Gasteiger partial charge in [0.15, 0.2) is 11.6 Å². The Morgan fingerprint density at radius 1 is 0.962 bits per heavy atom. The second-order valence-electron chi connectivity index (χ2n) is 6.87. The van der Waals surface area contributed by atoms with Crippen LogP contribution >= 0.6 is 0 Å². The summed E-state index contributed by atoms with van der Waals surface area (Å²) in [5, 5.41) is 20.1. The van der Waals surface area contributed by atoms with E-state index in [4.69, 9.17) is 0 Å². The number of anilines is 1. The summed E-state index contributed by atoms with van der Waals surface area (Å²) in [5.74, 6) is -0.260. The van der Waals surface area contributed by atoms with Crippen LogP contribution in [-0.2, 0) is 9.59 Å². The first-order valence-electron chi connectivity index (χ1n) is 9.62. The smallest absolute Gasteiger partial charge is 0.161 e. The molecule has 0 heterocycles. The summed E-state index contributed by atoms with van der Waals surface area (Å²) in [7, 11) is 0. The molecule has 1 rings (SSSR count). The van der Waals surface area contributed by atoms with Gasteiger partial charge >= 0.3 is 0 Å². The Morgan fingerprint density at radius 2 is 1.46 bits per heavy atom. The maximum Gasteiger partial charge on any atom is 0.161 e. The molecule has 26 heavy (non-hydrogen) atoms. The van der Waals surface area contributed by atoms with Gasteiger partial charge in [-0.3, -0.25) is 9.59 Å². The van der Waals surface area contributed by atoms with Gasteiger partial charge in [0.2, 0.25) is 0 Å². The predicted molar refractivity (Wildman–Crippen MR) is 104 cm³/mol. The maximum atomic E-state index is 11.8. The van der Waals surface area contributed by atoms with E-state index in [1.54, 1.807) is 0 Å². The zero-order valence-corrected chi connectivity index (χ0v) is 16.3. The molecule has 0 aliphatic carbocycles. The van der Waals surface area contributed by atoms with Crippen LogP contribution in [0, 0.1) is 6.92 Å². The van der Waals surface area contributed by atoms with E-state index in [1.807, 2.05) is 49.9 Å². The summed E-state index contributed by atoms with van der Waals surface area (Å²) in [6.07, 6.45) is 0.971. The largest absolute Gasteiger partial charge is 0.385 e. The Kier molecular flexibility index (Phi) is 10.1. The summed E-state index contributed by atoms with van der Waals surface area (Å²) in [4.78, 5) is 25.7. The van der Waals surface area contributed by atoms with Crippen LogP contribution in [-0.4, -0.2) is 47.1 Å². The van der Waals surface area contributed by atoms with Crippen LogP contribution in [0.3, 0.4) is 0 Å². The predicted octanol–water partition coefficient (Wildman–Crippen LogP) is 3.04. The van der Waals surface area contributed by atoms with E-state index >= 15 is 0 Å². The molecule has 0 fully saturated rings. The number of aliphatic hydroxyl groups excluding tert-OH is 2. The molecule has 5 heteroatoms. The molecular weight excluding hydrogens is 330 g/mol. The van der Waals surface area contributed by atoms with Crippen molar-refractivity contribution in [1.29, 1.82) is 0 Å². The van der Waals surface area contributed by atoms with E-state index < -0.39 is 12.2 Å². The number of carbonyl (C=O) groups excluding carboxylic acids is 2. The lowest BCUT2D eigenvalue weighted by Crippen LogP contribution is -2.34. The van der Waals surface area contributed by atoms with Gasteiger partial charge in [0.1, 0.15) is 12.2 Å². The van der Waals surface area contributed by atoms with E-state index in [1.165, 1.54) is 0 Å². The third kappa shape index (κ3) is 7.67. The molecule has 0 aromatic heterocycles. The van der Waals surface area contributed by atoms with E-state index in [0.717, 1.165) is 24.1 Å². The zero-order chi connectivity index (χ0) is 19.5. The van der Waals surface area contributed by atoms with Crippen LogP contribution in [0.25, 0.3) is 0 Å². The number of ketones is 2. The highest BCUT2D eigenvalue weighted by molar-refractivity contribution is 5.83. The lowest BCUT2D eigenvalue weighted by atomic mass is 10.1.